The molecule has 1 N–H and O–H groups in total. The number of carbonyl (C=O) groups excluding carboxylic acids is 2. The van der Waals surface area contributed by atoms with Crippen LogP contribution < -0.4 is 5.32 Å². The maximum atomic E-state index is 12.0. The van der Waals surface area contributed by atoms with E-state index >= 15 is 0 Å². The second-order valence-electron chi connectivity index (χ2n) is 4.20. The molecular weight excluding hydrogens is 349 g/mol. The summed E-state index contributed by atoms with van der Waals surface area (Å²) in [7, 11) is 0. The highest BCUT2D eigenvalue weighted by atomic mass is 35.5. The molecule has 0 aliphatic rings. The van der Waals surface area contributed by atoms with E-state index in [0.29, 0.717) is 0 Å². The van der Waals surface area contributed by atoms with Crippen LogP contribution in [0.25, 0.3) is 0 Å². The van der Waals surface area contributed by atoms with E-state index in [4.69, 9.17) is 39.5 Å². The first kappa shape index (κ1) is 18.6. The molecule has 0 aliphatic heterocycles. The zero-order valence-corrected chi connectivity index (χ0v) is 14.2. The van der Waals surface area contributed by atoms with Gasteiger partial charge in [-0.05, 0) is 26.0 Å². The predicted molar refractivity (Wildman–Crippen MR) is 89.6 cm³/mol. The molecule has 118 valence electrons. The number of halogens is 3. The van der Waals surface area contributed by atoms with Crippen molar-refractivity contribution in [1.82, 2.24) is 0 Å². The lowest BCUT2D eigenvalue weighted by Crippen LogP contribution is -2.29. The number of nitrogens with one attached hydrogen (secondary N) is 1. The van der Waals surface area contributed by atoms with Crippen molar-refractivity contribution in [2.24, 2.45) is 0 Å². The standard InChI is InChI=1S/C15H14Cl3NO3/c1-3-4-5-6-14(20)22-9(2)15(21)19-13-8-11(17)10(16)7-12(13)18/h3-9H,1-2H3,(H,19,21)/b4-3+,6-5+/t9-/m0/s1. The Morgan fingerprint density at radius 1 is 1.14 bits per heavy atom. The fraction of sp³-hybridized carbons (Fsp3) is 0.200. The smallest absolute Gasteiger partial charge is 0.331 e. The molecule has 4 nitrogen and oxygen atoms in total. The lowest BCUT2D eigenvalue weighted by atomic mass is 10.3. The van der Waals surface area contributed by atoms with Crippen molar-refractivity contribution in [1.29, 1.82) is 0 Å². The minimum absolute atomic E-state index is 0.231. The average molecular weight is 363 g/mol. The molecule has 0 saturated carbocycles. The molecule has 22 heavy (non-hydrogen) atoms. The molecule has 1 aromatic carbocycles. The van der Waals surface area contributed by atoms with Gasteiger partial charge in [0, 0.05) is 6.08 Å². The maximum Gasteiger partial charge on any atom is 0.331 e. The Bertz CT molecular complexity index is 627. The maximum absolute atomic E-state index is 12.0. The Hall–Kier alpha value is -1.49. The van der Waals surface area contributed by atoms with Crippen LogP contribution >= 0.6 is 34.8 Å². The van der Waals surface area contributed by atoms with E-state index in [-0.39, 0.29) is 20.8 Å². The summed E-state index contributed by atoms with van der Waals surface area (Å²) in [6.07, 6.45) is 5.17. The summed E-state index contributed by atoms with van der Waals surface area (Å²) < 4.78 is 4.95. The van der Waals surface area contributed by atoms with E-state index in [9.17, 15) is 9.59 Å². The number of benzene rings is 1. The highest BCUT2D eigenvalue weighted by molar-refractivity contribution is 6.44. The summed E-state index contributed by atoms with van der Waals surface area (Å²) >= 11 is 17.6. The molecule has 0 aliphatic carbocycles. The molecule has 1 amide bonds. The molecule has 0 fully saturated rings. The number of allylic oxidation sites excluding steroid dienone is 3. The molecule has 1 rings (SSSR count). The summed E-state index contributed by atoms with van der Waals surface area (Å²) in [5.41, 5.74) is 0.286. The molecule has 1 atom stereocenters. The Labute approximate surface area is 143 Å². The Morgan fingerprint density at radius 3 is 2.41 bits per heavy atom. The largest absolute Gasteiger partial charge is 0.449 e. The monoisotopic (exact) mass is 361 g/mol. The first-order valence-corrected chi connectivity index (χ1v) is 7.44. The van der Waals surface area contributed by atoms with E-state index < -0.39 is 18.0 Å². The van der Waals surface area contributed by atoms with Crippen LogP contribution in [0.5, 0.6) is 0 Å². The van der Waals surface area contributed by atoms with Crippen LogP contribution in [0.2, 0.25) is 15.1 Å². The van der Waals surface area contributed by atoms with Crippen LogP contribution in [0.4, 0.5) is 5.69 Å². The van der Waals surface area contributed by atoms with Gasteiger partial charge in [-0.25, -0.2) is 4.79 Å². The van der Waals surface area contributed by atoms with Crippen molar-refractivity contribution in [2.45, 2.75) is 20.0 Å². The molecule has 0 heterocycles. The molecule has 0 saturated heterocycles. The summed E-state index contributed by atoms with van der Waals surface area (Å²) in [5.74, 6) is -1.16. The van der Waals surface area contributed by atoms with Crippen LogP contribution in [0.1, 0.15) is 13.8 Å². The third-order valence-electron chi connectivity index (χ3n) is 2.47. The van der Waals surface area contributed by atoms with Gasteiger partial charge in [-0.3, -0.25) is 4.79 Å². The second-order valence-corrected chi connectivity index (χ2v) is 5.42. The van der Waals surface area contributed by atoms with Gasteiger partial charge in [-0.15, -0.1) is 0 Å². The van der Waals surface area contributed by atoms with Gasteiger partial charge in [-0.2, -0.15) is 0 Å². The Morgan fingerprint density at radius 2 is 1.77 bits per heavy atom. The van der Waals surface area contributed by atoms with Crippen molar-refractivity contribution in [3.63, 3.8) is 0 Å². The van der Waals surface area contributed by atoms with Crippen LogP contribution in [-0.2, 0) is 14.3 Å². The lowest BCUT2D eigenvalue weighted by molar-refractivity contribution is -0.148. The molecule has 7 heteroatoms. The molecule has 0 unspecified atom stereocenters. The van der Waals surface area contributed by atoms with Crippen molar-refractivity contribution < 1.29 is 14.3 Å². The SMILES string of the molecule is C/C=C/C=C/C(=O)O[C@@H](C)C(=O)Nc1cc(Cl)c(Cl)cc1Cl. The normalized spacial score (nSPS) is 12.6. The van der Waals surface area contributed by atoms with Gasteiger partial charge >= 0.3 is 5.97 Å². The van der Waals surface area contributed by atoms with Crippen LogP contribution in [0.15, 0.2) is 36.4 Å². The summed E-state index contributed by atoms with van der Waals surface area (Å²) in [6, 6.07) is 2.84. The number of rotatable bonds is 5. The van der Waals surface area contributed by atoms with Gasteiger partial charge in [0.2, 0.25) is 0 Å². The highest BCUT2D eigenvalue weighted by Crippen LogP contribution is 2.32. The summed E-state index contributed by atoms with van der Waals surface area (Å²) in [4.78, 5) is 23.4. The number of hydrogen-bond donors (Lipinski definition) is 1. The van der Waals surface area contributed by atoms with E-state index in [1.807, 2.05) is 6.92 Å². The van der Waals surface area contributed by atoms with E-state index in [1.54, 1.807) is 12.2 Å². The average Bonchev–Trinajstić information content (AvgIpc) is 2.44. The first-order valence-electron chi connectivity index (χ1n) is 6.30. The number of esters is 1. The number of hydrogen-bond acceptors (Lipinski definition) is 3. The zero-order valence-electron chi connectivity index (χ0n) is 11.9. The van der Waals surface area contributed by atoms with E-state index in [2.05, 4.69) is 5.32 Å². The number of carbonyl (C=O) groups is 2. The minimum atomic E-state index is -0.992. The summed E-state index contributed by atoms with van der Waals surface area (Å²) in [6.45, 7) is 3.26. The van der Waals surface area contributed by atoms with Gasteiger partial charge in [0.15, 0.2) is 6.10 Å². The van der Waals surface area contributed by atoms with Gasteiger partial charge in [0.25, 0.3) is 5.91 Å². The van der Waals surface area contributed by atoms with Crippen molar-refractivity contribution in [2.75, 3.05) is 5.32 Å². The molecule has 0 bridgehead atoms. The number of anilines is 1. The lowest BCUT2D eigenvalue weighted by Gasteiger charge is -2.13. The number of ether oxygens (including phenoxy) is 1. The van der Waals surface area contributed by atoms with Crippen LogP contribution in [0.3, 0.4) is 0 Å². The van der Waals surface area contributed by atoms with E-state index in [1.165, 1.54) is 31.2 Å². The Kier molecular flexibility index (Phi) is 7.45. The van der Waals surface area contributed by atoms with Crippen LogP contribution in [-0.4, -0.2) is 18.0 Å². The van der Waals surface area contributed by atoms with Gasteiger partial charge in [-0.1, -0.05) is 53.0 Å². The third kappa shape index (κ3) is 5.72. The molecule has 0 aromatic heterocycles. The van der Waals surface area contributed by atoms with E-state index in [0.717, 1.165) is 0 Å². The van der Waals surface area contributed by atoms with Crippen molar-refractivity contribution in [3.05, 3.63) is 51.5 Å². The topological polar surface area (TPSA) is 55.4 Å². The van der Waals surface area contributed by atoms with Gasteiger partial charge < -0.3 is 10.1 Å². The highest BCUT2D eigenvalue weighted by Gasteiger charge is 2.18. The van der Waals surface area contributed by atoms with Gasteiger partial charge in [0.05, 0.1) is 20.8 Å². The fourth-order valence-electron chi connectivity index (χ4n) is 1.36. The third-order valence-corrected chi connectivity index (χ3v) is 3.50. The minimum Gasteiger partial charge on any atom is -0.449 e. The molecule has 1 aromatic rings. The van der Waals surface area contributed by atoms with Crippen molar-refractivity contribution in [3.8, 4) is 0 Å². The molecular formula is C15H14Cl3NO3. The Balaban J connectivity index is 2.69. The first-order chi connectivity index (χ1) is 10.3. The fourth-order valence-corrected chi connectivity index (χ4v) is 1.96. The summed E-state index contributed by atoms with van der Waals surface area (Å²) in [5, 5.41) is 3.28. The predicted octanol–water partition coefficient (Wildman–Crippen LogP) is 4.65. The van der Waals surface area contributed by atoms with Crippen LogP contribution in [0, 0.1) is 0 Å². The number of amides is 1. The van der Waals surface area contributed by atoms with Gasteiger partial charge in [0.1, 0.15) is 0 Å². The second kappa shape index (κ2) is 8.83. The quantitative estimate of drug-likeness (QED) is 0.359. The van der Waals surface area contributed by atoms with Crippen molar-refractivity contribution >= 4 is 52.4 Å². The molecule has 0 radical (unpaired) electrons. The zero-order chi connectivity index (χ0) is 16.7. The molecule has 0 spiro atoms.